The lowest BCUT2D eigenvalue weighted by molar-refractivity contribution is -0.136. The van der Waals surface area contributed by atoms with Crippen LogP contribution in [0.5, 0.6) is 0 Å². The quantitative estimate of drug-likeness (QED) is 0.611. The molecule has 0 radical (unpaired) electrons. The Bertz CT molecular complexity index is 1150. The summed E-state index contributed by atoms with van der Waals surface area (Å²) < 4.78 is 0. The molecule has 176 valence electrons. The van der Waals surface area contributed by atoms with E-state index in [-0.39, 0.29) is 11.8 Å². The molecule has 0 saturated carbocycles. The maximum atomic E-state index is 13.6. The van der Waals surface area contributed by atoms with Crippen molar-refractivity contribution in [1.29, 1.82) is 0 Å². The van der Waals surface area contributed by atoms with Crippen molar-refractivity contribution >= 4 is 17.5 Å². The molecule has 3 heterocycles. The molecular weight excluding hydrogens is 426 g/mol. The predicted octanol–water partition coefficient (Wildman–Crippen LogP) is 3.66. The molecule has 7 heteroatoms. The highest BCUT2D eigenvalue weighted by Crippen LogP contribution is 2.35. The standard InChI is InChI=1S/C27H31N5O2/c1-20-11-12-21(17-23(20)30-18-22-9-4-6-14-28-22)25(33)32-16-8-13-27(19-32,26(34)31(2)3)24-10-5-7-15-29-24/h4-7,9-12,14-15,17,30H,8,13,16,18-19H2,1-3H3. The number of hydrogen-bond acceptors (Lipinski definition) is 5. The SMILES string of the molecule is Cc1ccc(C(=O)N2CCCC(C(=O)N(C)C)(c3ccccn3)C2)cc1NCc1ccccn1. The zero-order valence-electron chi connectivity index (χ0n) is 20.0. The number of aryl methyl sites for hydroxylation is 1. The second-order valence-corrected chi connectivity index (χ2v) is 9.03. The lowest BCUT2D eigenvalue weighted by Gasteiger charge is -2.42. The van der Waals surface area contributed by atoms with Gasteiger partial charge in [-0.2, -0.15) is 0 Å². The summed E-state index contributed by atoms with van der Waals surface area (Å²) >= 11 is 0. The van der Waals surface area contributed by atoms with Gasteiger partial charge >= 0.3 is 0 Å². The topological polar surface area (TPSA) is 78.4 Å². The minimum absolute atomic E-state index is 0.0228. The van der Waals surface area contributed by atoms with Crippen molar-refractivity contribution in [3.8, 4) is 0 Å². The summed E-state index contributed by atoms with van der Waals surface area (Å²) in [5.41, 5.74) is 3.35. The fraction of sp³-hybridized carbons (Fsp3) is 0.333. The summed E-state index contributed by atoms with van der Waals surface area (Å²) in [5.74, 6) is -0.0993. The van der Waals surface area contributed by atoms with Crippen molar-refractivity contribution < 1.29 is 9.59 Å². The number of nitrogens with one attached hydrogen (secondary N) is 1. The van der Waals surface area contributed by atoms with Gasteiger partial charge in [-0.15, -0.1) is 0 Å². The third kappa shape index (κ3) is 4.78. The molecule has 1 aliphatic rings. The van der Waals surface area contributed by atoms with Crippen molar-refractivity contribution in [2.75, 3.05) is 32.5 Å². The van der Waals surface area contributed by atoms with Gasteiger partial charge in [-0.1, -0.05) is 18.2 Å². The number of aromatic nitrogens is 2. The summed E-state index contributed by atoms with van der Waals surface area (Å²) in [7, 11) is 3.51. The van der Waals surface area contributed by atoms with Crippen LogP contribution in [0.2, 0.25) is 0 Å². The largest absolute Gasteiger partial charge is 0.379 e. The number of carbonyl (C=O) groups excluding carboxylic acids is 2. The van der Waals surface area contributed by atoms with Crippen LogP contribution in [0.4, 0.5) is 5.69 Å². The van der Waals surface area contributed by atoms with Crippen molar-refractivity contribution in [2.24, 2.45) is 0 Å². The summed E-state index contributed by atoms with van der Waals surface area (Å²) in [6.45, 7) is 3.50. The van der Waals surface area contributed by atoms with Gasteiger partial charge in [0.05, 0.1) is 17.9 Å². The van der Waals surface area contributed by atoms with Crippen LogP contribution < -0.4 is 5.32 Å². The highest BCUT2D eigenvalue weighted by Gasteiger charge is 2.46. The zero-order chi connectivity index (χ0) is 24.1. The van der Waals surface area contributed by atoms with Crippen LogP contribution in [0.1, 0.15) is 40.2 Å². The molecule has 1 fully saturated rings. The van der Waals surface area contributed by atoms with Crippen LogP contribution in [0.25, 0.3) is 0 Å². The Hall–Kier alpha value is -3.74. The molecule has 1 aromatic carbocycles. The molecular formula is C27H31N5O2. The average molecular weight is 458 g/mol. The number of rotatable bonds is 6. The van der Waals surface area contributed by atoms with E-state index >= 15 is 0 Å². The summed E-state index contributed by atoms with van der Waals surface area (Å²) in [6.07, 6.45) is 4.87. The number of hydrogen-bond donors (Lipinski definition) is 1. The summed E-state index contributed by atoms with van der Waals surface area (Å²) in [5, 5.41) is 3.40. The maximum Gasteiger partial charge on any atom is 0.253 e. The van der Waals surface area contributed by atoms with Crippen LogP contribution in [-0.4, -0.2) is 58.8 Å². The minimum Gasteiger partial charge on any atom is -0.379 e. The van der Waals surface area contributed by atoms with E-state index in [4.69, 9.17) is 0 Å². The van der Waals surface area contributed by atoms with E-state index in [1.165, 1.54) is 0 Å². The number of piperidine rings is 1. The van der Waals surface area contributed by atoms with Crippen molar-refractivity contribution in [2.45, 2.75) is 31.7 Å². The van der Waals surface area contributed by atoms with Crippen molar-refractivity contribution in [3.63, 3.8) is 0 Å². The van der Waals surface area contributed by atoms with E-state index in [9.17, 15) is 9.59 Å². The third-order valence-corrected chi connectivity index (χ3v) is 6.42. The molecule has 1 aliphatic heterocycles. The molecule has 0 bridgehead atoms. The molecule has 1 saturated heterocycles. The van der Waals surface area contributed by atoms with Crippen molar-refractivity contribution in [1.82, 2.24) is 19.8 Å². The Morgan fingerprint density at radius 1 is 1.06 bits per heavy atom. The first kappa shape index (κ1) is 23.4. The molecule has 1 N–H and O–H groups in total. The normalized spacial score (nSPS) is 17.8. The fourth-order valence-electron chi connectivity index (χ4n) is 4.61. The predicted molar refractivity (Wildman–Crippen MR) is 132 cm³/mol. The van der Waals surface area contributed by atoms with Gasteiger partial charge < -0.3 is 15.1 Å². The highest BCUT2D eigenvalue weighted by atomic mass is 16.2. The first-order chi connectivity index (χ1) is 16.4. The number of benzene rings is 1. The number of likely N-dealkylation sites (N-methyl/N-ethyl adjacent to an activating group) is 1. The van der Waals surface area contributed by atoms with E-state index in [1.54, 1.807) is 36.3 Å². The number of anilines is 1. The summed E-state index contributed by atoms with van der Waals surface area (Å²) in [6, 6.07) is 17.1. The number of carbonyl (C=O) groups is 2. The molecule has 1 atom stereocenters. The van der Waals surface area contributed by atoms with Crippen LogP contribution in [0.15, 0.2) is 67.0 Å². The van der Waals surface area contributed by atoms with Crippen LogP contribution in [-0.2, 0) is 16.8 Å². The monoisotopic (exact) mass is 457 g/mol. The second-order valence-electron chi connectivity index (χ2n) is 9.03. The smallest absolute Gasteiger partial charge is 0.253 e. The Kier molecular flexibility index (Phi) is 6.91. The van der Waals surface area contributed by atoms with Gasteiger partial charge in [0.15, 0.2) is 0 Å². The Labute approximate surface area is 200 Å². The van der Waals surface area contributed by atoms with Crippen molar-refractivity contribution in [3.05, 3.63) is 89.5 Å². The van der Waals surface area contributed by atoms with Gasteiger partial charge in [0.1, 0.15) is 5.41 Å². The second kappa shape index (κ2) is 10.0. The van der Waals surface area contributed by atoms with Crippen LogP contribution in [0, 0.1) is 6.92 Å². The van der Waals surface area contributed by atoms with Crippen LogP contribution >= 0.6 is 0 Å². The van der Waals surface area contributed by atoms with E-state index in [2.05, 4.69) is 15.3 Å². The molecule has 3 aromatic rings. The minimum atomic E-state index is -0.844. The number of pyridine rings is 2. The molecule has 34 heavy (non-hydrogen) atoms. The number of likely N-dealkylation sites (tertiary alicyclic amines) is 1. The first-order valence-corrected chi connectivity index (χ1v) is 11.6. The lowest BCUT2D eigenvalue weighted by Crippen LogP contribution is -2.56. The number of amides is 2. The molecule has 0 spiro atoms. The number of nitrogens with zero attached hydrogens (tertiary/aromatic N) is 4. The van der Waals surface area contributed by atoms with E-state index in [0.29, 0.717) is 37.3 Å². The lowest BCUT2D eigenvalue weighted by atomic mass is 9.75. The van der Waals surface area contributed by atoms with Gasteiger partial charge in [0.25, 0.3) is 5.91 Å². The van der Waals surface area contributed by atoms with Crippen LogP contribution in [0.3, 0.4) is 0 Å². The van der Waals surface area contributed by atoms with Gasteiger partial charge in [-0.25, -0.2) is 0 Å². The van der Waals surface area contributed by atoms with E-state index in [0.717, 1.165) is 23.4 Å². The highest BCUT2D eigenvalue weighted by molar-refractivity contribution is 5.96. The van der Waals surface area contributed by atoms with E-state index < -0.39 is 5.41 Å². The third-order valence-electron chi connectivity index (χ3n) is 6.42. The Morgan fingerprint density at radius 3 is 2.50 bits per heavy atom. The Morgan fingerprint density at radius 2 is 1.82 bits per heavy atom. The fourth-order valence-corrected chi connectivity index (χ4v) is 4.61. The molecule has 1 unspecified atom stereocenters. The summed E-state index contributed by atoms with van der Waals surface area (Å²) in [4.78, 5) is 39.2. The zero-order valence-corrected chi connectivity index (χ0v) is 20.0. The molecule has 2 aromatic heterocycles. The average Bonchev–Trinajstić information content (AvgIpc) is 2.88. The maximum absolute atomic E-state index is 13.6. The Balaban J connectivity index is 1.58. The molecule has 7 nitrogen and oxygen atoms in total. The molecule has 0 aliphatic carbocycles. The first-order valence-electron chi connectivity index (χ1n) is 11.6. The molecule has 2 amide bonds. The van der Waals surface area contributed by atoms with Gasteiger partial charge in [0, 0.05) is 50.8 Å². The van der Waals surface area contributed by atoms with E-state index in [1.807, 2.05) is 61.5 Å². The molecule has 4 rings (SSSR count). The van der Waals surface area contributed by atoms with Gasteiger partial charge in [-0.05, 0) is 61.7 Å². The van der Waals surface area contributed by atoms with Gasteiger partial charge in [0.2, 0.25) is 5.91 Å². The van der Waals surface area contributed by atoms with Gasteiger partial charge in [-0.3, -0.25) is 19.6 Å².